The monoisotopic (exact) mass is 336 g/mol. The number of rotatable bonds is 5. The number of halogens is 1. The van der Waals surface area contributed by atoms with Crippen LogP contribution in [0.4, 0.5) is 0 Å². The first kappa shape index (κ1) is 15.5. The molecule has 3 rings (SSSR count). The summed E-state index contributed by atoms with van der Waals surface area (Å²) in [6.45, 7) is 0.710. The summed E-state index contributed by atoms with van der Waals surface area (Å²) in [5.74, 6) is -0.107. The maximum absolute atomic E-state index is 12.4. The Kier molecular flexibility index (Phi) is 4.21. The van der Waals surface area contributed by atoms with Crippen molar-refractivity contribution in [3.05, 3.63) is 40.4 Å². The van der Waals surface area contributed by atoms with Crippen molar-refractivity contribution in [2.45, 2.75) is 12.8 Å². The minimum atomic E-state index is -0.107. The van der Waals surface area contributed by atoms with Crippen LogP contribution in [-0.2, 0) is 0 Å². The number of carbonyl (C=O) groups is 1. The van der Waals surface area contributed by atoms with E-state index in [9.17, 15) is 9.90 Å². The highest BCUT2D eigenvalue weighted by Gasteiger charge is 2.43. The summed E-state index contributed by atoms with van der Waals surface area (Å²) in [7, 11) is 1.76. The van der Waals surface area contributed by atoms with Gasteiger partial charge in [0.15, 0.2) is 0 Å². The number of hydrogen-bond acceptors (Lipinski definition) is 4. The van der Waals surface area contributed by atoms with Gasteiger partial charge >= 0.3 is 0 Å². The Morgan fingerprint density at radius 2 is 2.27 bits per heavy atom. The highest BCUT2D eigenvalue weighted by atomic mass is 35.5. The number of amides is 1. The van der Waals surface area contributed by atoms with Crippen molar-refractivity contribution < 1.29 is 9.90 Å². The van der Waals surface area contributed by atoms with Crippen LogP contribution in [0.5, 0.6) is 0 Å². The van der Waals surface area contributed by atoms with E-state index in [2.05, 4.69) is 4.98 Å². The second-order valence-corrected chi connectivity index (χ2v) is 7.16. The van der Waals surface area contributed by atoms with Gasteiger partial charge in [0.25, 0.3) is 5.91 Å². The van der Waals surface area contributed by atoms with Crippen LogP contribution in [0.2, 0.25) is 5.02 Å². The normalized spacial score (nSPS) is 15.6. The Morgan fingerprint density at radius 1 is 1.50 bits per heavy atom. The highest BCUT2D eigenvalue weighted by Crippen LogP contribution is 2.45. The smallest absolute Gasteiger partial charge is 0.273 e. The average Bonchev–Trinajstić information content (AvgIpc) is 3.11. The van der Waals surface area contributed by atoms with Crippen LogP contribution in [0.1, 0.15) is 23.3 Å². The molecule has 22 heavy (non-hydrogen) atoms. The first-order valence-electron chi connectivity index (χ1n) is 7.11. The van der Waals surface area contributed by atoms with Crippen molar-refractivity contribution in [1.82, 2.24) is 9.88 Å². The zero-order chi connectivity index (χ0) is 15.7. The largest absolute Gasteiger partial charge is 0.396 e. The van der Waals surface area contributed by atoms with Crippen LogP contribution >= 0.6 is 22.9 Å². The van der Waals surface area contributed by atoms with Gasteiger partial charge in [-0.25, -0.2) is 4.98 Å². The number of aromatic nitrogens is 1. The number of aliphatic hydroxyl groups is 1. The zero-order valence-corrected chi connectivity index (χ0v) is 13.8. The molecule has 0 aliphatic heterocycles. The molecule has 116 valence electrons. The Balaban J connectivity index is 1.74. The van der Waals surface area contributed by atoms with E-state index in [0.29, 0.717) is 17.3 Å². The Bertz CT molecular complexity index is 697. The van der Waals surface area contributed by atoms with Gasteiger partial charge < -0.3 is 10.0 Å². The number of thiazole rings is 1. The van der Waals surface area contributed by atoms with E-state index < -0.39 is 0 Å². The summed E-state index contributed by atoms with van der Waals surface area (Å²) in [5.41, 5.74) is 1.26. The van der Waals surface area contributed by atoms with Crippen LogP contribution in [-0.4, -0.2) is 41.1 Å². The third kappa shape index (κ3) is 3.16. The lowest BCUT2D eigenvalue weighted by molar-refractivity contribution is 0.0728. The first-order valence-corrected chi connectivity index (χ1v) is 8.37. The zero-order valence-electron chi connectivity index (χ0n) is 12.3. The molecule has 1 aliphatic rings. The van der Waals surface area contributed by atoms with Gasteiger partial charge in [-0.05, 0) is 25.0 Å². The molecule has 0 atom stereocenters. The SMILES string of the molecule is CN(CC1(CO)CC1)C(=O)c1csc(-c2cccc(Cl)c2)n1. The van der Waals surface area contributed by atoms with Gasteiger partial charge in [0, 0.05) is 35.0 Å². The molecule has 6 heteroatoms. The molecule has 1 aliphatic carbocycles. The van der Waals surface area contributed by atoms with Crippen molar-refractivity contribution in [2.75, 3.05) is 20.2 Å². The van der Waals surface area contributed by atoms with Crippen LogP contribution in [0.15, 0.2) is 29.6 Å². The minimum Gasteiger partial charge on any atom is -0.396 e. The third-order valence-electron chi connectivity index (χ3n) is 4.01. The van der Waals surface area contributed by atoms with Crippen molar-refractivity contribution in [3.63, 3.8) is 0 Å². The van der Waals surface area contributed by atoms with E-state index in [1.165, 1.54) is 11.3 Å². The molecule has 4 nitrogen and oxygen atoms in total. The van der Waals surface area contributed by atoms with E-state index in [0.717, 1.165) is 23.4 Å². The summed E-state index contributed by atoms with van der Waals surface area (Å²) in [4.78, 5) is 18.5. The lowest BCUT2D eigenvalue weighted by Crippen LogP contribution is -2.34. The Hall–Kier alpha value is -1.43. The van der Waals surface area contributed by atoms with Gasteiger partial charge in [-0.3, -0.25) is 4.79 Å². The van der Waals surface area contributed by atoms with E-state index in [1.807, 2.05) is 24.3 Å². The molecule has 1 heterocycles. The number of benzene rings is 1. The first-order chi connectivity index (χ1) is 10.5. The molecule has 1 fully saturated rings. The van der Waals surface area contributed by atoms with Crippen molar-refractivity contribution in [2.24, 2.45) is 5.41 Å². The minimum absolute atomic E-state index is 0.0871. The molecule has 2 aromatic rings. The average molecular weight is 337 g/mol. The fourth-order valence-electron chi connectivity index (χ4n) is 2.44. The van der Waals surface area contributed by atoms with Gasteiger partial charge in [-0.2, -0.15) is 0 Å². The van der Waals surface area contributed by atoms with E-state index >= 15 is 0 Å². The highest BCUT2D eigenvalue weighted by molar-refractivity contribution is 7.13. The van der Waals surface area contributed by atoms with Crippen molar-refractivity contribution >= 4 is 28.8 Å². The molecule has 1 amide bonds. The molecule has 0 bridgehead atoms. The van der Waals surface area contributed by atoms with E-state index in [4.69, 9.17) is 11.6 Å². The molecule has 1 aromatic carbocycles. The van der Waals surface area contributed by atoms with Gasteiger partial charge in [0.2, 0.25) is 0 Å². The lowest BCUT2D eigenvalue weighted by Gasteiger charge is -2.21. The third-order valence-corrected chi connectivity index (χ3v) is 5.13. The molecular formula is C16H17ClN2O2S. The van der Waals surface area contributed by atoms with Crippen molar-refractivity contribution in [1.29, 1.82) is 0 Å². The van der Waals surface area contributed by atoms with Gasteiger partial charge in [0.05, 0.1) is 6.61 Å². The summed E-state index contributed by atoms with van der Waals surface area (Å²) in [5, 5.41) is 12.6. The van der Waals surface area contributed by atoms with Crippen molar-refractivity contribution in [3.8, 4) is 10.6 Å². The summed E-state index contributed by atoms with van der Waals surface area (Å²) in [6.07, 6.45) is 1.96. The molecule has 0 unspecified atom stereocenters. The predicted octanol–water partition coefficient (Wildman–Crippen LogP) is 3.31. The van der Waals surface area contributed by atoms with Crippen LogP contribution in [0.25, 0.3) is 10.6 Å². The summed E-state index contributed by atoms with van der Waals surface area (Å²) in [6, 6.07) is 7.43. The fraction of sp³-hybridized carbons (Fsp3) is 0.375. The predicted molar refractivity (Wildman–Crippen MR) is 88.3 cm³/mol. The number of hydrogen-bond donors (Lipinski definition) is 1. The molecule has 0 radical (unpaired) electrons. The van der Waals surface area contributed by atoms with Gasteiger partial charge in [-0.15, -0.1) is 11.3 Å². The molecule has 1 N–H and O–H groups in total. The number of aliphatic hydroxyl groups excluding tert-OH is 1. The molecule has 1 saturated carbocycles. The summed E-state index contributed by atoms with van der Waals surface area (Å²) < 4.78 is 0. The molecule has 0 saturated heterocycles. The number of carbonyl (C=O) groups excluding carboxylic acids is 1. The molecule has 0 spiro atoms. The molecular weight excluding hydrogens is 320 g/mol. The standard InChI is InChI=1S/C16H17ClN2O2S/c1-19(9-16(10-20)5-6-16)15(21)13-8-22-14(18-13)11-3-2-4-12(17)7-11/h2-4,7-8,20H,5-6,9-10H2,1H3. The van der Waals surface area contributed by atoms with Crippen LogP contribution < -0.4 is 0 Å². The van der Waals surface area contributed by atoms with Crippen LogP contribution in [0, 0.1) is 5.41 Å². The van der Waals surface area contributed by atoms with E-state index in [1.54, 1.807) is 17.3 Å². The fourth-order valence-corrected chi connectivity index (χ4v) is 3.42. The number of nitrogens with zero attached hydrogens (tertiary/aromatic N) is 2. The molecule has 1 aromatic heterocycles. The quantitative estimate of drug-likeness (QED) is 0.911. The Labute approximate surface area is 138 Å². The second kappa shape index (κ2) is 5.99. The maximum atomic E-state index is 12.4. The van der Waals surface area contributed by atoms with Gasteiger partial charge in [0.1, 0.15) is 10.7 Å². The topological polar surface area (TPSA) is 53.4 Å². The maximum Gasteiger partial charge on any atom is 0.273 e. The summed E-state index contributed by atoms with van der Waals surface area (Å²) >= 11 is 7.42. The van der Waals surface area contributed by atoms with Gasteiger partial charge in [-0.1, -0.05) is 23.7 Å². The lowest BCUT2D eigenvalue weighted by atomic mass is 10.1. The second-order valence-electron chi connectivity index (χ2n) is 5.87. The Morgan fingerprint density at radius 3 is 2.91 bits per heavy atom. The van der Waals surface area contributed by atoms with Crippen LogP contribution in [0.3, 0.4) is 0 Å². The van der Waals surface area contributed by atoms with E-state index in [-0.39, 0.29) is 17.9 Å².